The fourth-order valence-corrected chi connectivity index (χ4v) is 0.941. The Morgan fingerprint density at radius 3 is 2.69 bits per heavy atom. The molecule has 16 heavy (non-hydrogen) atoms. The van der Waals surface area contributed by atoms with Crippen LogP contribution in [0.1, 0.15) is 26.2 Å². The maximum absolute atomic E-state index is 10.3. The van der Waals surface area contributed by atoms with Crippen LogP contribution in [0.5, 0.6) is 0 Å². The van der Waals surface area contributed by atoms with E-state index in [1.807, 2.05) is 6.92 Å². The van der Waals surface area contributed by atoms with Gasteiger partial charge < -0.3 is 19.7 Å². The van der Waals surface area contributed by atoms with Crippen LogP contribution in [0.4, 0.5) is 0 Å². The number of rotatable bonds is 3. The van der Waals surface area contributed by atoms with Crippen LogP contribution in [0.25, 0.3) is 0 Å². The smallest absolute Gasteiger partial charge is 0.332 e. The third-order valence-electron chi connectivity index (χ3n) is 1.76. The monoisotopic (exact) mass is 234 g/mol. The lowest BCUT2D eigenvalue weighted by Crippen LogP contribution is -2.18. The van der Waals surface area contributed by atoms with Crippen molar-refractivity contribution >= 4 is 11.9 Å². The van der Waals surface area contributed by atoms with Crippen LogP contribution >= 0.6 is 0 Å². The first-order valence-corrected chi connectivity index (χ1v) is 5.22. The maximum atomic E-state index is 10.3. The minimum atomic E-state index is -1.17. The zero-order valence-electron chi connectivity index (χ0n) is 9.35. The summed E-state index contributed by atoms with van der Waals surface area (Å²) < 4.78 is 9.47. The summed E-state index contributed by atoms with van der Waals surface area (Å²) >= 11 is 0. The van der Waals surface area contributed by atoms with Crippen molar-refractivity contribution in [3.8, 4) is 0 Å². The van der Waals surface area contributed by atoms with Gasteiger partial charge >= 0.3 is 11.9 Å². The van der Waals surface area contributed by atoms with Gasteiger partial charge in [0.25, 0.3) is 0 Å². The zero-order chi connectivity index (χ0) is 12.4. The molecular weight excluding hydrogens is 216 g/mol. The number of carboxylic acid groups (broad SMARTS) is 1. The molecule has 1 heterocycles. The normalized spacial score (nSPS) is 17.5. The summed E-state index contributed by atoms with van der Waals surface area (Å²) in [6.07, 6.45) is 0.703. The van der Waals surface area contributed by atoms with Crippen LogP contribution in [0.15, 0.2) is 0 Å². The summed E-state index contributed by atoms with van der Waals surface area (Å²) in [4.78, 5) is 20.2. The average Bonchev–Trinajstić information content (AvgIpc) is 2.47. The van der Waals surface area contributed by atoms with E-state index in [0.717, 1.165) is 6.42 Å². The molecule has 0 amide bonds. The van der Waals surface area contributed by atoms with Gasteiger partial charge in [-0.05, 0) is 6.42 Å². The number of hydrogen-bond acceptors (Lipinski definition) is 5. The molecule has 0 aromatic carbocycles. The zero-order valence-corrected chi connectivity index (χ0v) is 9.35. The van der Waals surface area contributed by atoms with Gasteiger partial charge in [-0.25, -0.2) is 9.59 Å². The van der Waals surface area contributed by atoms with E-state index in [-0.39, 0.29) is 12.6 Å². The van der Waals surface area contributed by atoms with Crippen LogP contribution in [0, 0.1) is 0 Å². The van der Waals surface area contributed by atoms with Crippen molar-refractivity contribution in [3.05, 3.63) is 0 Å². The van der Waals surface area contributed by atoms with E-state index in [9.17, 15) is 9.59 Å². The van der Waals surface area contributed by atoms with Gasteiger partial charge in [-0.15, -0.1) is 0 Å². The fourth-order valence-electron chi connectivity index (χ4n) is 0.941. The molecule has 94 valence electrons. The number of aliphatic hydroxyl groups excluding tert-OH is 1. The van der Waals surface area contributed by atoms with Crippen LogP contribution in [0.3, 0.4) is 0 Å². The number of cyclic esters (lactones) is 1. The van der Waals surface area contributed by atoms with Crippen molar-refractivity contribution in [1.29, 1.82) is 0 Å². The third kappa shape index (κ3) is 8.19. The molecule has 2 N–H and O–H groups in total. The maximum Gasteiger partial charge on any atom is 0.332 e. The quantitative estimate of drug-likeness (QED) is 0.677. The van der Waals surface area contributed by atoms with Crippen LogP contribution in [-0.4, -0.2) is 48.1 Å². The molecule has 1 unspecified atom stereocenters. The second-order valence-electron chi connectivity index (χ2n) is 3.27. The molecule has 1 aliphatic rings. The Labute approximate surface area is 94.2 Å². The predicted molar refractivity (Wildman–Crippen MR) is 54.9 cm³/mol. The van der Waals surface area contributed by atoms with Gasteiger partial charge in [-0.1, -0.05) is 13.3 Å². The van der Waals surface area contributed by atoms with Crippen molar-refractivity contribution in [3.63, 3.8) is 0 Å². The SMILES string of the molecule is CCCC(O)C(=O)O.O=C1COCCCO1. The van der Waals surface area contributed by atoms with Crippen LogP contribution < -0.4 is 0 Å². The van der Waals surface area contributed by atoms with Gasteiger partial charge in [0, 0.05) is 6.42 Å². The summed E-state index contributed by atoms with van der Waals surface area (Å²) in [5.74, 6) is -1.38. The second-order valence-corrected chi connectivity index (χ2v) is 3.27. The molecule has 0 bridgehead atoms. The number of carbonyl (C=O) groups is 2. The van der Waals surface area contributed by atoms with Gasteiger partial charge in [0.15, 0.2) is 6.10 Å². The molecule has 6 nitrogen and oxygen atoms in total. The molecule has 0 aliphatic carbocycles. The number of carbonyl (C=O) groups excluding carboxylic acids is 1. The number of aliphatic hydroxyl groups is 1. The standard InChI is InChI=1S/C5H8O3.C5H10O3/c6-5-4-7-2-1-3-8-5;1-2-3-4(6)5(7)8/h1-4H2;4,6H,2-3H2,1H3,(H,7,8). The highest BCUT2D eigenvalue weighted by Gasteiger charge is 2.09. The van der Waals surface area contributed by atoms with E-state index >= 15 is 0 Å². The lowest BCUT2D eigenvalue weighted by Gasteiger charge is -1.99. The van der Waals surface area contributed by atoms with Crippen molar-refractivity contribution < 1.29 is 29.3 Å². The molecule has 1 rings (SSSR count). The first-order chi connectivity index (χ1) is 7.57. The predicted octanol–water partition coefficient (Wildman–Crippen LogP) is 0.182. The Bertz CT molecular complexity index is 205. The van der Waals surface area contributed by atoms with E-state index in [1.54, 1.807) is 0 Å². The van der Waals surface area contributed by atoms with Crippen LogP contribution in [-0.2, 0) is 19.1 Å². The molecule has 6 heteroatoms. The molecule has 1 aliphatic heterocycles. The van der Waals surface area contributed by atoms with Gasteiger partial charge in [0.2, 0.25) is 0 Å². The minimum absolute atomic E-state index is 0.125. The topological polar surface area (TPSA) is 93.1 Å². The second kappa shape index (κ2) is 9.11. The van der Waals surface area contributed by atoms with Crippen molar-refractivity contribution in [2.75, 3.05) is 19.8 Å². The Morgan fingerprint density at radius 2 is 2.19 bits per heavy atom. The average molecular weight is 234 g/mol. The molecule has 1 fully saturated rings. The number of hydrogen-bond donors (Lipinski definition) is 2. The van der Waals surface area contributed by atoms with Gasteiger partial charge in [-0.2, -0.15) is 0 Å². The largest absolute Gasteiger partial charge is 0.479 e. The van der Waals surface area contributed by atoms with Gasteiger partial charge in [-0.3, -0.25) is 0 Å². The molecule has 1 saturated heterocycles. The van der Waals surface area contributed by atoms with Crippen molar-refractivity contribution in [1.82, 2.24) is 0 Å². The summed E-state index contributed by atoms with van der Waals surface area (Å²) in [5.41, 5.74) is 0. The molecule has 0 radical (unpaired) electrons. The van der Waals surface area contributed by atoms with E-state index in [0.29, 0.717) is 26.1 Å². The summed E-state index contributed by atoms with van der Waals surface area (Å²) in [6.45, 7) is 3.11. The minimum Gasteiger partial charge on any atom is -0.479 e. The number of carboxylic acids is 1. The van der Waals surface area contributed by atoms with Crippen molar-refractivity contribution in [2.24, 2.45) is 0 Å². The summed E-state index contributed by atoms with van der Waals surface area (Å²) in [6, 6.07) is 0. The lowest BCUT2D eigenvalue weighted by atomic mass is 10.2. The molecular formula is C10H18O6. The number of ether oxygens (including phenoxy) is 2. The number of aliphatic carboxylic acids is 1. The first kappa shape index (κ1) is 14.9. The first-order valence-electron chi connectivity index (χ1n) is 5.22. The molecule has 0 spiro atoms. The van der Waals surface area contributed by atoms with Gasteiger partial charge in [0.1, 0.15) is 6.61 Å². The van der Waals surface area contributed by atoms with E-state index in [1.165, 1.54) is 0 Å². The Morgan fingerprint density at radius 1 is 1.50 bits per heavy atom. The Hall–Kier alpha value is -1.14. The third-order valence-corrected chi connectivity index (χ3v) is 1.76. The molecule has 0 aromatic heterocycles. The van der Waals surface area contributed by atoms with Crippen LogP contribution in [0.2, 0.25) is 0 Å². The highest BCUT2D eigenvalue weighted by Crippen LogP contribution is 1.94. The van der Waals surface area contributed by atoms with E-state index in [2.05, 4.69) is 4.74 Å². The van der Waals surface area contributed by atoms with E-state index in [4.69, 9.17) is 14.9 Å². The lowest BCUT2D eigenvalue weighted by molar-refractivity contribution is -0.147. The summed E-state index contributed by atoms with van der Waals surface area (Å²) in [5, 5.41) is 16.6. The molecule has 0 aromatic rings. The Balaban J connectivity index is 0.000000281. The summed E-state index contributed by atoms with van der Waals surface area (Å²) in [7, 11) is 0. The fraction of sp³-hybridized carbons (Fsp3) is 0.800. The van der Waals surface area contributed by atoms with Crippen molar-refractivity contribution in [2.45, 2.75) is 32.3 Å². The number of esters is 1. The van der Waals surface area contributed by atoms with Gasteiger partial charge in [0.05, 0.1) is 13.2 Å². The highest BCUT2D eigenvalue weighted by molar-refractivity contribution is 5.71. The highest BCUT2D eigenvalue weighted by atomic mass is 16.6. The Kier molecular flexibility index (Phi) is 8.46. The molecule has 0 saturated carbocycles. The van der Waals surface area contributed by atoms with E-state index < -0.39 is 12.1 Å². The molecule has 1 atom stereocenters.